The van der Waals surface area contributed by atoms with E-state index in [1.54, 1.807) is 6.07 Å². The number of carboxylic acids is 1. The summed E-state index contributed by atoms with van der Waals surface area (Å²) in [5.74, 6) is -0.986. The average Bonchev–Trinajstić information content (AvgIpc) is 3.01. The van der Waals surface area contributed by atoms with Crippen molar-refractivity contribution in [3.8, 4) is 22.3 Å². The molecule has 130 valence electrons. The number of carbonyl (C=O) groups is 1. The van der Waals surface area contributed by atoms with E-state index in [1.165, 1.54) is 22.3 Å². The number of hydrogen-bond acceptors (Lipinski definition) is 2. The molecule has 26 heavy (non-hydrogen) atoms. The fourth-order valence-electron chi connectivity index (χ4n) is 3.87. The van der Waals surface area contributed by atoms with Crippen LogP contribution in [-0.2, 0) is 12.8 Å². The van der Waals surface area contributed by atoms with Gasteiger partial charge in [-0.1, -0.05) is 71.1 Å². The number of carboxylic acid groups (broad SMARTS) is 1. The molecule has 0 amide bonds. The number of hydrogen-bond donors (Lipinski definition) is 2. The Hall–Kier alpha value is -2.34. The van der Waals surface area contributed by atoms with Crippen molar-refractivity contribution in [2.24, 2.45) is 0 Å². The average molecular weight is 455 g/mol. The third-order valence-electron chi connectivity index (χ3n) is 5.05. The van der Waals surface area contributed by atoms with Crippen LogP contribution in [0.5, 0.6) is 0 Å². The zero-order valence-electron chi connectivity index (χ0n) is 14.1. The van der Waals surface area contributed by atoms with Gasteiger partial charge in [0.1, 0.15) is 0 Å². The molecule has 3 nitrogen and oxygen atoms in total. The number of alkyl halides is 1. The highest BCUT2D eigenvalue weighted by atomic mass is 127. The molecule has 0 saturated carbocycles. The zero-order valence-corrected chi connectivity index (χ0v) is 16.3. The van der Waals surface area contributed by atoms with Crippen LogP contribution in [0.1, 0.15) is 27.0 Å². The number of halogens is 1. The lowest BCUT2D eigenvalue weighted by molar-refractivity contribution is 0.0698. The molecule has 0 fully saturated rings. The van der Waals surface area contributed by atoms with Crippen LogP contribution in [0.25, 0.3) is 22.3 Å². The Labute approximate surface area is 166 Å². The van der Waals surface area contributed by atoms with Crippen LogP contribution in [0.2, 0.25) is 0 Å². The molecule has 1 aliphatic carbocycles. The number of nitrogen functional groups attached to an aromatic ring is 1. The molecule has 0 unspecified atom stereocenters. The van der Waals surface area contributed by atoms with Gasteiger partial charge in [-0.25, -0.2) is 4.79 Å². The summed E-state index contributed by atoms with van der Waals surface area (Å²) in [5.41, 5.74) is 15.0. The molecule has 4 rings (SSSR count). The highest BCUT2D eigenvalue weighted by Crippen LogP contribution is 2.44. The minimum absolute atomic E-state index is 0.172. The van der Waals surface area contributed by atoms with Gasteiger partial charge in [-0.15, -0.1) is 0 Å². The van der Waals surface area contributed by atoms with Crippen molar-refractivity contribution < 1.29 is 9.90 Å². The van der Waals surface area contributed by atoms with Crippen LogP contribution in [0.3, 0.4) is 0 Å². The van der Waals surface area contributed by atoms with E-state index in [-0.39, 0.29) is 5.56 Å². The van der Waals surface area contributed by atoms with Crippen molar-refractivity contribution in [2.45, 2.75) is 12.8 Å². The van der Waals surface area contributed by atoms with Gasteiger partial charge in [0.05, 0.1) is 11.3 Å². The first-order valence-corrected chi connectivity index (χ1v) is 10.1. The maximum atomic E-state index is 11.6. The van der Waals surface area contributed by atoms with E-state index < -0.39 is 5.97 Å². The van der Waals surface area contributed by atoms with Gasteiger partial charge in [-0.2, -0.15) is 0 Å². The summed E-state index contributed by atoms with van der Waals surface area (Å²) in [6.07, 6.45) is 1.71. The van der Waals surface area contributed by atoms with Gasteiger partial charge in [0, 0.05) is 9.99 Å². The molecule has 1 aliphatic rings. The van der Waals surface area contributed by atoms with E-state index >= 15 is 0 Å². The molecule has 3 N–H and O–H groups in total. The summed E-state index contributed by atoms with van der Waals surface area (Å²) in [5, 5.41) is 9.51. The van der Waals surface area contributed by atoms with Crippen LogP contribution in [-0.4, -0.2) is 15.5 Å². The molecule has 3 aromatic rings. The SMILES string of the molecule is Nc1c(C(=O)O)ccc(CCI)c1-c1cccc2c1Cc1ccccc1-2. The summed E-state index contributed by atoms with van der Waals surface area (Å²) in [6, 6.07) is 18.2. The maximum Gasteiger partial charge on any atom is 0.337 e. The summed E-state index contributed by atoms with van der Waals surface area (Å²) in [4.78, 5) is 11.6. The molecule has 0 spiro atoms. The summed E-state index contributed by atoms with van der Waals surface area (Å²) >= 11 is 2.34. The van der Waals surface area contributed by atoms with Crippen LogP contribution >= 0.6 is 22.6 Å². The molecule has 0 aliphatic heterocycles. The number of anilines is 1. The van der Waals surface area contributed by atoms with E-state index in [4.69, 9.17) is 5.73 Å². The lowest BCUT2D eigenvalue weighted by Gasteiger charge is -2.17. The third-order valence-corrected chi connectivity index (χ3v) is 5.59. The number of aryl methyl sites for hydroxylation is 1. The van der Waals surface area contributed by atoms with E-state index in [2.05, 4.69) is 59.0 Å². The van der Waals surface area contributed by atoms with Gasteiger partial charge in [-0.3, -0.25) is 0 Å². The number of rotatable bonds is 4. The molecule has 0 radical (unpaired) electrons. The Morgan fingerprint density at radius 1 is 1.00 bits per heavy atom. The van der Waals surface area contributed by atoms with Crippen molar-refractivity contribution in [1.29, 1.82) is 0 Å². The van der Waals surface area contributed by atoms with Crippen LogP contribution in [0, 0.1) is 0 Å². The molecule has 0 saturated heterocycles. The Bertz CT molecular complexity index is 1030. The van der Waals surface area contributed by atoms with E-state index in [1.807, 2.05) is 12.1 Å². The monoisotopic (exact) mass is 455 g/mol. The summed E-state index contributed by atoms with van der Waals surface area (Å²) in [6.45, 7) is 0. The van der Waals surface area contributed by atoms with Gasteiger partial charge in [0.2, 0.25) is 0 Å². The Morgan fingerprint density at radius 2 is 1.73 bits per heavy atom. The second-order valence-electron chi connectivity index (χ2n) is 6.47. The smallest absolute Gasteiger partial charge is 0.337 e. The second-order valence-corrected chi connectivity index (χ2v) is 7.55. The highest BCUT2D eigenvalue weighted by molar-refractivity contribution is 14.1. The number of fused-ring (bicyclic) bond motifs is 3. The molecule has 3 aromatic carbocycles. The first-order valence-electron chi connectivity index (χ1n) is 8.53. The Morgan fingerprint density at radius 3 is 2.50 bits per heavy atom. The van der Waals surface area contributed by atoms with Crippen LogP contribution < -0.4 is 5.73 Å². The molecular weight excluding hydrogens is 437 g/mol. The fourth-order valence-corrected chi connectivity index (χ4v) is 4.45. The van der Waals surface area contributed by atoms with Gasteiger partial charge in [-0.05, 0) is 52.3 Å². The summed E-state index contributed by atoms with van der Waals surface area (Å²) < 4.78 is 0.950. The lowest BCUT2D eigenvalue weighted by atomic mass is 9.89. The van der Waals surface area contributed by atoms with Gasteiger partial charge in [0.15, 0.2) is 0 Å². The fraction of sp³-hybridized carbons (Fsp3) is 0.136. The normalized spacial score (nSPS) is 11.9. The van der Waals surface area contributed by atoms with Crippen molar-refractivity contribution in [2.75, 3.05) is 10.2 Å². The molecule has 0 aromatic heterocycles. The lowest BCUT2D eigenvalue weighted by Crippen LogP contribution is -2.07. The molecule has 0 atom stereocenters. The number of aromatic carboxylic acids is 1. The first kappa shape index (κ1) is 17.1. The van der Waals surface area contributed by atoms with Crippen molar-refractivity contribution in [3.63, 3.8) is 0 Å². The number of nitrogens with two attached hydrogens (primary N) is 1. The molecule has 0 heterocycles. The minimum Gasteiger partial charge on any atom is -0.478 e. The zero-order chi connectivity index (χ0) is 18.3. The Balaban J connectivity index is 1.98. The molecule has 4 heteroatoms. The predicted molar refractivity (Wildman–Crippen MR) is 114 cm³/mol. The quantitative estimate of drug-likeness (QED) is 0.253. The van der Waals surface area contributed by atoms with Gasteiger partial charge >= 0.3 is 5.97 Å². The largest absolute Gasteiger partial charge is 0.478 e. The highest BCUT2D eigenvalue weighted by Gasteiger charge is 2.24. The van der Waals surface area contributed by atoms with Gasteiger partial charge < -0.3 is 10.8 Å². The summed E-state index contributed by atoms with van der Waals surface area (Å²) in [7, 11) is 0. The van der Waals surface area contributed by atoms with Crippen molar-refractivity contribution >= 4 is 34.2 Å². The predicted octanol–water partition coefficient (Wildman–Crippen LogP) is 5.18. The first-order chi connectivity index (χ1) is 12.6. The van der Waals surface area contributed by atoms with Crippen molar-refractivity contribution in [1.82, 2.24) is 0 Å². The third kappa shape index (κ3) is 2.69. The minimum atomic E-state index is -0.986. The Kier molecular flexibility index (Phi) is 4.44. The maximum absolute atomic E-state index is 11.6. The van der Waals surface area contributed by atoms with Crippen LogP contribution in [0.4, 0.5) is 5.69 Å². The topological polar surface area (TPSA) is 63.3 Å². The van der Waals surface area contributed by atoms with Gasteiger partial charge in [0.25, 0.3) is 0 Å². The second kappa shape index (κ2) is 6.76. The van der Waals surface area contributed by atoms with E-state index in [9.17, 15) is 9.90 Å². The van der Waals surface area contributed by atoms with E-state index in [0.29, 0.717) is 5.69 Å². The molecular formula is C22H18INO2. The molecule has 0 bridgehead atoms. The van der Waals surface area contributed by atoms with E-state index in [0.717, 1.165) is 34.0 Å². The van der Waals surface area contributed by atoms with Crippen LogP contribution in [0.15, 0.2) is 54.6 Å². The van der Waals surface area contributed by atoms with Crippen molar-refractivity contribution in [3.05, 3.63) is 76.9 Å². The standard InChI is InChI=1S/C22H18INO2/c23-11-10-13-8-9-18(22(25)26)21(24)20(13)17-7-3-6-16-15-5-2-1-4-14(15)12-19(16)17/h1-9H,10-12,24H2,(H,25,26). The number of benzene rings is 3.